The van der Waals surface area contributed by atoms with Gasteiger partial charge in [0.25, 0.3) is 5.91 Å². The van der Waals surface area contributed by atoms with Gasteiger partial charge >= 0.3 is 0 Å². The summed E-state index contributed by atoms with van der Waals surface area (Å²) in [6, 6.07) is 18.3. The second-order valence-corrected chi connectivity index (χ2v) is 8.52. The first-order valence-corrected chi connectivity index (χ1v) is 11.4. The van der Waals surface area contributed by atoms with Crippen LogP contribution in [0.1, 0.15) is 16.1 Å². The van der Waals surface area contributed by atoms with Crippen molar-refractivity contribution in [2.45, 2.75) is 6.42 Å². The van der Waals surface area contributed by atoms with Gasteiger partial charge in [0.1, 0.15) is 16.6 Å². The number of benzene rings is 3. The molecule has 0 spiro atoms. The Balaban J connectivity index is 1.45. The number of rotatable bonds is 7. The fourth-order valence-corrected chi connectivity index (χ4v) is 4.20. The highest BCUT2D eigenvalue weighted by Crippen LogP contribution is 2.29. The number of hydrogen-bond acceptors (Lipinski definition) is 5. The summed E-state index contributed by atoms with van der Waals surface area (Å²) in [4.78, 5) is 29.7. The van der Waals surface area contributed by atoms with Crippen molar-refractivity contribution in [2.75, 3.05) is 17.7 Å². The minimum atomic E-state index is -0.744. The number of carbonyl (C=O) groups is 2. The van der Waals surface area contributed by atoms with Crippen LogP contribution in [0.3, 0.4) is 0 Å². The summed E-state index contributed by atoms with van der Waals surface area (Å²) >= 11 is 7.22. The van der Waals surface area contributed by atoms with Gasteiger partial charge in [0, 0.05) is 21.7 Å². The zero-order valence-corrected chi connectivity index (χ0v) is 19.5. The summed E-state index contributed by atoms with van der Waals surface area (Å²) in [5.74, 6) is -1.33. The van der Waals surface area contributed by atoms with E-state index in [-0.39, 0.29) is 28.6 Å². The van der Waals surface area contributed by atoms with Gasteiger partial charge in [-0.2, -0.15) is 0 Å². The molecule has 0 saturated heterocycles. The van der Waals surface area contributed by atoms with Crippen molar-refractivity contribution in [1.82, 2.24) is 4.98 Å². The summed E-state index contributed by atoms with van der Waals surface area (Å²) in [5.41, 5.74) is 2.20. The second kappa shape index (κ2) is 10.5. The molecule has 0 radical (unpaired) electrons. The predicted molar refractivity (Wildman–Crippen MR) is 132 cm³/mol. The van der Waals surface area contributed by atoms with Crippen LogP contribution in [-0.4, -0.2) is 23.9 Å². The molecule has 0 atom stereocenters. The fourth-order valence-electron chi connectivity index (χ4n) is 3.22. The number of nitrogens with one attached hydrogen (secondary N) is 2. The van der Waals surface area contributed by atoms with E-state index in [2.05, 4.69) is 15.6 Å². The van der Waals surface area contributed by atoms with Gasteiger partial charge in [-0.25, -0.2) is 9.37 Å². The third-order valence-corrected chi connectivity index (χ3v) is 6.00. The van der Waals surface area contributed by atoms with Crippen LogP contribution in [0.4, 0.5) is 15.8 Å². The molecule has 3 aromatic carbocycles. The van der Waals surface area contributed by atoms with Crippen LogP contribution in [0.2, 0.25) is 5.02 Å². The van der Waals surface area contributed by atoms with E-state index in [9.17, 15) is 14.0 Å². The molecule has 9 heteroatoms. The number of ether oxygens (including phenoxy) is 1. The zero-order chi connectivity index (χ0) is 24.1. The molecule has 1 aromatic heterocycles. The van der Waals surface area contributed by atoms with E-state index >= 15 is 0 Å². The molecule has 0 saturated carbocycles. The number of amides is 2. The minimum absolute atomic E-state index is 0.0903. The van der Waals surface area contributed by atoms with E-state index in [0.29, 0.717) is 17.1 Å². The summed E-state index contributed by atoms with van der Waals surface area (Å²) in [7, 11) is 1.44. The Morgan fingerprint density at radius 2 is 1.85 bits per heavy atom. The first kappa shape index (κ1) is 23.4. The summed E-state index contributed by atoms with van der Waals surface area (Å²) in [6.07, 6.45) is 0.0903. The quantitative estimate of drug-likeness (QED) is 0.327. The number of anilines is 2. The maximum absolute atomic E-state index is 14.1. The van der Waals surface area contributed by atoms with Gasteiger partial charge in [0.2, 0.25) is 5.91 Å². The van der Waals surface area contributed by atoms with Crippen LogP contribution in [0.15, 0.2) is 72.1 Å². The van der Waals surface area contributed by atoms with Crippen LogP contribution < -0.4 is 15.4 Å². The van der Waals surface area contributed by atoms with Crippen LogP contribution in [0.5, 0.6) is 5.75 Å². The van der Waals surface area contributed by atoms with Gasteiger partial charge in [-0.15, -0.1) is 11.3 Å². The van der Waals surface area contributed by atoms with Gasteiger partial charge in [-0.1, -0.05) is 41.9 Å². The summed E-state index contributed by atoms with van der Waals surface area (Å²) in [5, 5.41) is 8.28. The van der Waals surface area contributed by atoms with Crippen molar-refractivity contribution in [2.24, 2.45) is 0 Å². The number of thiazole rings is 1. The van der Waals surface area contributed by atoms with Crippen molar-refractivity contribution in [3.05, 3.63) is 94.2 Å². The van der Waals surface area contributed by atoms with Gasteiger partial charge in [-0.3, -0.25) is 9.59 Å². The number of aromatic nitrogens is 1. The van der Waals surface area contributed by atoms with Crippen LogP contribution >= 0.6 is 22.9 Å². The lowest BCUT2D eigenvalue weighted by molar-refractivity contribution is -0.115. The Kier molecular flexibility index (Phi) is 7.20. The van der Waals surface area contributed by atoms with E-state index in [1.807, 2.05) is 35.7 Å². The number of halogens is 2. The average Bonchev–Trinajstić information content (AvgIpc) is 3.28. The molecular weight excluding hydrogens is 477 g/mol. The highest BCUT2D eigenvalue weighted by atomic mass is 35.5. The molecule has 2 amide bonds. The Morgan fingerprint density at radius 1 is 1.06 bits per heavy atom. The molecule has 0 bridgehead atoms. The number of methoxy groups -OCH3 is 1. The summed E-state index contributed by atoms with van der Waals surface area (Å²) in [6.45, 7) is 0. The zero-order valence-electron chi connectivity index (χ0n) is 18.0. The van der Waals surface area contributed by atoms with Crippen molar-refractivity contribution in [3.8, 4) is 16.3 Å². The Labute approximate surface area is 204 Å². The Bertz CT molecular complexity index is 1340. The van der Waals surface area contributed by atoms with E-state index < -0.39 is 11.7 Å². The fraction of sp³-hybridized carbons (Fsp3) is 0.0800. The van der Waals surface area contributed by atoms with Crippen molar-refractivity contribution < 1.29 is 18.7 Å². The molecule has 4 aromatic rings. The molecule has 172 valence electrons. The third-order valence-electron chi connectivity index (χ3n) is 4.82. The number of carbonyl (C=O) groups excluding carboxylic acids is 2. The molecule has 6 nitrogen and oxygen atoms in total. The van der Waals surface area contributed by atoms with Gasteiger partial charge in [0.15, 0.2) is 0 Å². The first-order valence-electron chi connectivity index (χ1n) is 10.2. The predicted octanol–water partition coefficient (Wildman–Crippen LogP) is 6.04. The monoisotopic (exact) mass is 495 g/mol. The van der Waals surface area contributed by atoms with Crippen LogP contribution in [0, 0.1) is 5.82 Å². The standard InChI is InChI=1S/C25H19ClFN3O3S/c1-33-22-10-8-17(12-21(22)30-24(32)19-9-7-16(26)11-20(19)27)28-23(31)13-18-14-34-25(29-18)15-5-3-2-4-6-15/h2-12,14H,13H2,1H3,(H,28,31)(H,30,32). The van der Waals surface area contributed by atoms with E-state index in [0.717, 1.165) is 16.6 Å². The SMILES string of the molecule is COc1ccc(NC(=O)Cc2csc(-c3ccccc3)n2)cc1NC(=O)c1ccc(Cl)cc1F. The molecule has 1 heterocycles. The van der Waals surface area contributed by atoms with Gasteiger partial charge < -0.3 is 15.4 Å². The second-order valence-electron chi connectivity index (χ2n) is 7.23. The minimum Gasteiger partial charge on any atom is -0.495 e. The van der Waals surface area contributed by atoms with Gasteiger partial charge in [0.05, 0.1) is 30.5 Å². The van der Waals surface area contributed by atoms with E-state index in [1.54, 1.807) is 18.2 Å². The molecule has 2 N–H and O–H groups in total. The smallest absolute Gasteiger partial charge is 0.258 e. The normalized spacial score (nSPS) is 10.6. The Morgan fingerprint density at radius 3 is 2.59 bits per heavy atom. The molecule has 0 aliphatic heterocycles. The van der Waals surface area contributed by atoms with E-state index in [1.165, 1.54) is 30.6 Å². The molecule has 4 rings (SSSR count). The highest BCUT2D eigenvalue weighted by molar-refractivity contribution is 7.13. The lowest BCUT2D eigenvalue weighted by atomic mass is 10.2. The molecule has 0 aliphatic rings. The largest absolute Gasteiger partial charge is 0.495 e. The lowest BCUT2D eigenvalue weighted by Crippen LogP contribution is -2.16. The van der Waals surface area contributed by atoms with Crippen molar-refractivity contribution in [3.63, 3.8) is 0 Å². The van der Waals surface area contributed by atoms with Gasteiger partial charge in [-0.05, 0) is 36.4 Å². The molecule has 34 heavy (non-hydrogen) atoms. The van der Waals surface area contributed by atoms with Crippen LogP contribution in [0.25, 0.3) is 10.6 Å². The van der Waals surface area contributed by atoms with E-state index in [4.69, 9.17) is 16.3 Å². The maximum Gasteiger partial charge on any atom is 0.258 e. The number of hydrogen-bond donors (Lipinski definition) is 2. The third kappa shape index (κ3) is 5.59. The summed E-state index contributed by atoms with van der Waals surface area (Å²) < 4.78 is 19.4. The average molecular weight is 496 g/mol. The van der Waals surface area contributed by atoms with Crippen molar-refractivity contribution in [1.29, 1.82) is 0 Å². The molecular formula is C25H19ClFN3O3S. The molecule has 0 fully saturated rings. The maximum atomic E-state index is 14.1. The van der Waals surface area contributed by atoms with Crippen LogP contribution in [-0.2, 0) is 11.2 Å². The molecule has 0 aliphatic carbocycles. The lowest BCUT2D eigenvalue weighted by Gasteiger charge is -2.13. The molecule has 0 unspecified atom stereocenters. The Hall–Kier alpha value is -3.75. The highest BCUT2D eigenvalue weighted by Gasteiger charge is 2.16. The number of nitrogens with zero attached hydrogens (tertiary/aromatic N) is 1. The topological polar surface area (TPSA) is 80.3 Å². The van der Waals surface area contributed by atoms with Crippen molar-refractivity contribution >= 4 is 46.1 Å². The first-order chi connectivity index (χ1) is 16.4.